The van der Waals surface area contributed by atoms with Crippen LogP contribution in [0, 0.1) is 6.92 Å². The molecule has 3 aromatic carbocycles. The molecule has 2 N–H and O–H groups in total. The summed E-state index contributed by atoms with van der Waals surface area (Å²) >= 11 is 1.31. The minimum Gasteiger partial charge on any atom is -0.497 e. The van der Waals surface area contributed by atoms with Crippen molar-refractivity contribution in [3.05, 3.63) is 84.2 Å². The summed E-state index contributed by atoms with van der Waals surface area (Å²) in [7, 11) is 3.20. The van der Waals surface area contributed by atoms with Crippen LogP contribution >= 0.6 is 11.8 Å². The van der Waals surface area contributed by atoms with E-state index in [4.69, 9.17) is 9.47 Å². The molecule has 4 aromatic rings. The quantitative estimate of drug-likeness (QED) is 0.305. The molecule has 0 saturated heterocycles. The van der Waals surface area contributed by atoms with E-state index >= 15 is 0 Å². The molecule has 4 rings (SSSR count). The van der Waals surface area contributed by atoms with Crippen LogP contribution in [-0.4, -0.2) is 40.6 Å². The monoisotopic (exact) mass is 489 g/mol. The number of carbonyl (C=O) groups is 1. The van der Waals surface area contributed by atoms with Gasteiger partial charge in [-0.25, -0.2) is 0 Å². The van der Waals surface area contributed by atoms with Gasteiger partial charge >= 0.3 is 0 Å². The molecule has 9 heteroatoms. The van der Waals surface area contributed by atoms with E-state index in [2.05, 4.69) is 39.9 Å². The van der Waals surface area contributed by atoms with E-state index < -0.39 is 0 Å². The first-order valence-corrected chi connectivity index (χ1v) is 12.0. The van der Waals surface area contributed by atoms with Crippen LogP contribution in [0.15, 0.2) is 78.0 Å². The van der Waals surface area contributed by atoms with Gasteiger partial charge in [-0.1, -0.05) is 41.6 Å². The van der Waals surface area contributed by atoms with Gasteiger partial charge < -0.3 is 20.1 Å². The summed E-state index contributed by atoms with van der Waals surface area (Å²) in [5.41, 5.74) is 3.69. The van der Waals surface area contributed by atoms with Crippen LogP contribution in [0.1, 0.15) is 11.4 Å². The van der Waals surface area contributed by atoms with E-state index in [-0.39, 0.29) is 11.7 Å². The highest BCUT2D eigenvalue weighted by molar-refractivity contribution is 7.99. The smallest absolute Gasteiger partial charge is 0.234 e. The summed E-state index contributed by atoms with van der Waals surface area (Å²) in [6.07, 6.45) is 0. The van der Waals surface area contributed by atoms with Crippen molar-refractivity contribution in [2.75, 3.05) is 30.6 Å². The molecule has 0 aliphatic carbocycles. The van der Waals surface area contributed by atoms with Crippen molar-refractivity contribution in [2.24, 2.45) is 0 Å². The number of aromatic nitrogens is 3. The summed E-state index contributed by atoms with van der Waals surface area (Å²) in [5.74, 6) is 2.09. The number of methoxy groups -OCH3 is 2. The summed E-state index contributed by atoms with van der Waals surface area (Å²) in [6, 6.07) is 23.1. The molecule has 35 heavy (non-hydrogen) atoms. The zero-order valence-electron chi connectivity index (χ0n) is 19.8. The van der Waals surface area contributed by atoms with Crippen molar-refractivity contribution in [1.29, 1.82) is 0 Å². The Morgan fingerprint density at radius 3 is 2.40 bits per heavy atom. The maximum absolute atomic E-state index is 12.7. The lowest BCUT2D eigenvalue weighted by atomic mass is 10.2. The standard InChI is InChI=1S/C26H27N5O3S/c1-18-8-10-19(11-9-18)27-16-24-29-30-26(31(24)20-12-14-21(33-2)15-13-20)35-17-25(32)28-22-6-4-5-7-23(22)34-3/h4-15,27H,16-17H2,1-3H3,(H,28,32). The van der Waals surface area contributed by atoms with Gasteiger partial charge in [-0.15, -0.1) is 10.2 Å². The molecule has 180 valence electrons. The maximum Gasteiger partial charge on any atom is 0.234 e. The topological polar surface area (TPSA) is 90.3 Å². The first kappa shape index (κ1) is 24.2. The van der Waals surface area contributed by atoms with Gasteiger partial charge in [0.2, 0.25) is 5.91 Å². The van der Waals surface area contributed by atoms with Crippen molar-refractivity contribution >= 4 is 29.0 Å². The van der Waals surface area contributed by atoms with Crippen LogP contribution in [0.2, 0.25) is 0 Å². The lowest BCUT2D eigenvalue weighted by molar-refractivity contribution is -0.113. The molecule has 0 spiro atoms. The van der Waals surface area contributed by atoms with Gasteiger partial charge in [0.25, 0.3) is 0 Å². The number of ether oxygens (including phenoxy) is 2. The van der Waals surface area contributed by atoms with Gasteiger partial charge in [0.15, 0.2) is 11.0 Å². The highest BCUT2D eigenvalue weighted by atomic mass is 32.2. The minimum atomic E-state index is -0.164. The molecule has 1 heterocycles. The number of amides is 1. The second-order valence-corrected chi connectivity index (χ2v) is 8.63. The second-order valence-electron chi connectivity index (χ2n) is 7.69. The average molecular weight is 490 g/mol. The predicted octanol–water partition coefficient (Wildman–Crippen LogP) is 4.94. The molecule has 8 nitrogen and oxygen atoms in total. The number of nitrogens with one attached hydrogen (secondary N) is 2. The highest BCUT2D eigenvalue weighted by Crippen LogP contribution is 2.26. The highest BCUT2D eigenvalue weighted by Gasteiger charge is 2.17. The molecule has 0 bridgehead atoms. The zero-order valence-corrected chi connectivity index (χ0v) is 20.6. The summed E-state index contributed by atoms with van der Waals surface area (Å²) < 4.78 is 12.6. The number of para-hydroxylation sites is 2. The Balaban J connectivity index is 1.52. The lowest BCUT2D eigenvalue weighted by Crippen LogP contribution is -2.15. The molecule has 0 fully saturated rings. The number of aryl methyl sites for hydroxylation is 1. The maximum atomic E-state index is 12.7. The molecule has 0 aliphatic rings. The van der Waals surface area contributed by atoms with Crippen LogP contribution in [0.5, 0.6) is 11.5 Å². The number of anilines is 2. The Morgan fingerprint density at radius 1 is 0.943 bits per heavy atom. The van der Waals surface area contributed by atoms with Gasteiger partial charge in [0.05, 0.1) is 32.2 Å². The zero-order chi connectivity index (χ0) is 24.6. The molecular formula is C26H27N5O3S. The fraction of sp³-hybridized carbons (Fsp3) is 0.192. The van der Waals surface area contributed by atoms with E-state index in [1.54, 1.807) is 26.4 Å². The first-order valence-electron chi connectivity index (χ1n) is 11.0. The number of rotatable bonds is 10. The third kappa shape index (κ3) is 6.13. The van der Waals surface area contributed by atoms with E-state index in [9.17, 15) is 4.79 Å². The number of thioether (sulfide) groups is 1. The van der Waals surface area contributed by atoms with Crippen molar-refractivity contribution in [2.45, 2.75) is 18.6 Å². The summed E-state index contributed by atoms with van der Waals surface area (Å²) in [5, 5.41) is 15.7. The van der Waals surface area contributed by atoms with Crippen molar-refractivity contribution in [3.63, 3.8) is 0 Å². The fourth-order valence-corrected chi connectivity index (χ4v) is 4.19. The normalized spacial score (nSPS) is 10.6. The summed E-state index contributed by atoms with van der Waals surface area (Å²) in [6.45, 7) is 2.52. The van der Waals surface area contributed by atoms with Crippen LogP contribution in [-0.2, 0) is 11.3 Å². The number of hydrogen-bond donors (Lipinski definition) is 2. The summed E-state index contributed by atoms with van der Waals surface area (Å²) in [4.78, 5) is 12.7. The lowest BCUT2D eigenvalue weighted by Gasteiger charge is -2.13. The predicted molar refractivity (Wildman–Crippen MR) is 139 cm³/mol. The molecule has 0 atom stereocenters. The number of hydrogen-bond acceptors (Lipinski definition) is 7. The molecule has 0 aliphatic heterocycles. The largest absolute Gasteiger partial charge is 0.497 e. The van der Waals surface area contributed by atoms with E-state index in [1.165, 1.54) is 17.3 Å². The minimum absolute atomic E-state index is 0.164. The second kappa shape index (κ2) is 11.4. The van der Waals surface area contributed by atoms with E-state index in [1.807, 2.05) is 53.1 Å². The molecule has 1 aromatic heterocycles. The average Bonchev–Trinajstić information content (AvgIpc) is 3.30. The van der Waals surface area contributed by atoms with Crippen molar-refractivity contribution in [3.8, 4) is 17.2 Å². The molecular weight excluding hydrogens is 462 g/mol. The van der Waals surface area contributed by atoms with Gasteiger partial charge in [0, 0.05) is 11.4 Å². The van der Waals surface area contributed by atoms with Crippen LogP contribution in [0.4, 0.5) is 11.4 Å². The molecule has 1 amide bonds. The number of benzene rings is 3. The number of carbonyl (C=O) groups excluding carboxylic acids is 1. The van der Waals surface area contributed by atoms with Gasteiger partial charge in [-0.05, 0) is 55.5 Å². The molecule has 0 radical (unpaired) electrons. The van der Waals surface area contributed by atoms with Gasteiger partial charge in [-0.3, -0.25) is 9.36 Å². The Hall–Kier alpha value is -3.98. The van der Waals surface area contributed by atoms with Crippen LogP contribution < -0.4 is 20.1 Å². The fourth-order valence-electron chi connectivity index (χ4n) is 3.42. The Labute approximate surface area is 208 Å². The van der Waals surface area contributed by atoms with E-state index in [0.29, 0.717) is 23.1 Å². The van der Waals surface area contributed by atoms with Crippen LogP contribution in [0.25, 0.3) is 5.69 Å². The SMILES string of the molecule is COc1ccc(-n2c(CNc3ccc(C)cc3)nnc2SCC(=O)Nc2ccccc2OC)cc1. The van der Waals surface area contributed by atoms with E-state index in [0.717, 1.165) is 22.9 Å². The van der Waals surface area contributed by atoms with Crippen molar-refractivity contribution in [1.82, 2.24) is 14.8 Å². The van der Waals surface area contributed by atoms with Crippen LogP contribution in [0.3, 0.4) is 0 Å². The first-order chi connectivity index (χ1) is 17.1. The van der Waals surface area contributed by atoms with Gasteiger partial charge in [0.1, 0.15) is 11.5 Å². The Morgan fingerprint density at radius 2 is 1.69 bits per heavy atom. The third-order valence-corrected chi connectivity index (χ3v) is 6.18. The Kier molecular flexibility index (Phi) is 7.89. The third-order valence-electron chi connectivity index (χ3n) is 5.25. The number of nitrogens with zero attached hydrogens (tertiary/aromatic N) is 3. The Bertz CT molecular complexity index is 1270. The molecule has 0 unspecified atom stereocenters. The molecule has 0 saturated carbocycles. The van der Waals surface area contributed by atoms with Crippen molar-refractivity contribution < 1.29 is 14.3 Å². The van der Waals surface area contributed by atoms with Gasteiger partial charge in [-0.2, -0.15) is 0 Å².